The van der Waals surface area contributed by atoms with Gasteiger partial charge in [0.25, 0.3) is 0 Å². The molecule has 1 saturated carbocycles. The highest BCUT2D eigenvalue weighted by Gasteiger charge is 2.21. The van der Waals surface area contributed by atoms with Crippen molar-refractivity contribution in [3.8, 4) is 11.3 Å². The van der Waals surface area contributed by atoms with Crippen LogP contribution in [0.15, 0.2) is 30.5 Å². The largest absolute Gasteiger partial charge is 0.310 e. The first-order valence-corrected chi connectivity index (χ1v) is 7.61. The Kier molecular flexibility index (Phi) is 3.88. The minimum atomic E-state index is 0.731. The fourth-order valence-corrected chi connectivity index (χ4v) is 2.57. The first kappa shape index (κ1) is 13.4. The smallest absolute Gasteiger partial charge is 0.0967 e. The summed E-state index contributed by atoms with van der Waals surface area (Å²) >= 11 is 0. The summed E-state index contributed by atoms with van der Waals surface area (Å²) < 4.78 is 1.92. The van der Waals surface area contributed by atoms with E-state index < -0.39 is 0 Å². The molecule has 1 aliphatic rings. The van der Waals surface area contributed by atoms with Crippen LogP contribution in [-0.2, 0) is 20.0 Å². The normalized spacial score (nSPS) is 14.7. The van der Waals surface area contributed by atoms with E-state index in [1.165, 1.54) is 36.0 Å². The fourth-order valence-electron chi connectivity index (χ4n) is 2.57. The van der Waals surface area contributed by atoms with Crippen molar-refractivity contribution in [3.05, 3.63) is 41.6 Å². The van der Waals surface area contributed by atoms with Gasteiger partial charge in [-0.15, -0.1) is 0 Å². The van der Waals surface area contributed by atoms with Gasteiger partial charge in [-0.25, -0.2) is 0 Å². The quantitative estimate of drug-likeness (QED) is 0.872. The van der Waals surface area contributed by atoms with Crippen LogP contribution in [0, 0.1) is 0 Å². The molecule has 1 fully saturated rings. The molecule has 0 saturated heterocycles. The molecule has 0 unspecified atom stereocenters. The third-order valence-corrected chi connectivity index (χ3v) is 3.83. The molecule has 1 aromatic carbocycles. The van der Waals surface area contributed by atoms with E-state index in [2.05, 4.69) is 47.8 Å². The summed E-state index contributed by atoms with van der Waals surface area (Å²) in [6, 6.07) is 9.59. The first-order chi connectivity index (χ1) is 9.76. The highest BCUT2D eigenvalue weighted by Crippen LogP contribution is 2.24. The molecule has 3 rings (SSSR count). The maximum atomic E-state index is 4.63. The summed E-state index contributed by atoms with van der Waals surface area (Å²) in [5.74, 6) is 0. The van der Waals surface area contributed by atoms with Gasteiger partial charge in [0.05, 0.1) is 5.69 Å². The molecule has 0 aliphatic heterocycles. The van der Waals surface area contributed by atoms with E-state index in [0.29, 0.717) is 0 Å². The minimum absolute atomic E-state index is 0.731. The predicted molar refractivity (Wildman–Crippen MR) is 82.5 cm³/mol. The number of aryl methyl sites for hydroxylation is 2. The molecule has 1 aliphatic carbocycles. The number of rotatable bonds is 6. The van der Waals surface area contributed by atoms with E-state index in [1.807, 2.05) is 11.7 Å². The Morgan fingerprint density at radius 1 is 1.25 bits per heavy atom. The highest BCUT2D eigenvalue weighted by molar-refractivity contribution is 5.63. The van der Waals surface area contributed by atoms with E-state index in [0.717, 1.165) is 24.7 Å². The van der Waals surface area contributed by atoms with E-state index in [1.54, 1.807) is 0 Å². The van der Waals surface area contributed by atoms with Crippen molar-refractivity contribution in [2.45, 2.75) is 45.2 Å². The Labute approximate surface area is 121 Å². The first-order valence-electron chi connectivity index (χ1n) is 7.61. The van der Waals surface area contributed by atoms with Gasteiger partial charge in [-0.3, -0.25) is 4.68 Å². The van der Waals surface area contributed by atoms with Crippen LogP contribution >= 0.6 is 0 Å². The van der Waals surface area contributed by atoms with Gasteiger partial charge in [-0.1, -0.05) is 37.6 Å². The third kappa shape index (κ3) is 3.10. The van der Waals surface area contributed by atoms with Crippen molar-refractivity contribution in [2.24, 2.45) is 7.05 Å². The van der Waals surface area contributed by atoms with Gasteiger partial charge in [0.15, 0.2) is 0 Å². The molecule has 106 valence electrons. The predicted octanol–water partition coefficient (Wildman–Crippen LogP) is 3.29. The zero-order valence-corrected chi connectivity index (χ0v) is 12.4. The molecule has 1 N–H and O–H groups in total. The molecule has 1 heterocycles. The lowest BCUT2D eigenvalue weighted by Gasteiger charge is -2.05. The number of benzene rings is 1. The van der Waals surface area contributed by atoms with Crippen molar-refractivity contribution in [2.75, 3.05) is 0 Å². The van der Waals surface area contributed by atoms with Crippen LogP contribution < -0.4 is 5.32 Å². The van der Waals surface area contributed by atoms with Gasteiger partial charge in [-0.05, 0) is 24.8 Å². The Balaban J connectivity index is 1.80. The molecule has 1 aromatic heterocycles. The van der Waals surface area contributed by atoms with Crippen LogP contribution in [0.5, 0.6) is 0 Å². The Bertz CT molecular complexity index is 564. The summed E-state index contributed by atoms with van der Waals surface area (Å²) in [5, 5.41) is 8.21. The highest BCUT2D eigenvalue weighted by atomic mass is 15.3. The van der Waals surface area contributed by atoms with E-state index in [9.17, 15) is 0 Å². The summed E-state index contributed by atoms with van der Waals surface area (Å²) in [6.45, 7) is 3.14. The average Bonchev–Trinajstić information content (AvgIpc) is 3.20. The monoisotopic (exact) mass is 269 g/mol. The van der Waals surface area contributed by atoms with Crippen LogP contribution in [0.3, 0.4) is 0 Å². The molecular formula is C17H23N3. The number of nitrogens with zero attached hydrogens (tertiary/aromatic N) is 2. The second-order valence-electron chi connectivity index (χ2n) is 5.78. The molecule has 0 bridgehead atoms. The summed E-state index contributed by atoms with van der Waals surface area (Å²) in [6.07, 6.45) is 7.12. The Morgan fingerprint density at radius 3 is 2.65 bits per heavy atom. The number of hydrogen-bond donors (Lipinski definition) is 1. The molecular weight excluding hydrogens is 246 g/mol. The molecule has 0 amide bonds. The maximum absolute atomic E-state index is 4.63. The zero-order chi connectivity index (χ0) is 13.9. The Morgan fingerprint density at radius 2 is 2.00 bits per heavy atom. The van der Waals surface area contributed by atoms with Crippen LogP contribution in [0.25, 0.3) is 11.3 Å². The lowest BCUT2D eigenvalue weighted by Crippen LogP contribution is -2.15. The minimum Gasteiger partial charge on any atom is -0.310 e. The second-order valence-corrected chi connectivity index (χ2v) is 5.78. The van der Waals surface area contributed by atoms with Crippen LogP contribution in [0.2, 0.25) is 0 Å². The second kappa shape index (κ2) is 5.80. The molecule has 0 atom stereocenters. The summed E-state index contributed by atoms with van der Waals surface area (Å²) in [4.78, 5) is 0. The number of hydrogen-bond acceptors (Lipinski definition) is 2. The van der Waals surface area contributed by atoms with Crippen LogP contribution in [0.4, 0.5) is 0 Å². The van der Waals surface area contributed by atoms with E-state index in [-0.39, 0.29) is 0 Å². The number of aromatic nitrogens is 2. The summed E-state index contributed by atoms with van der Waals surface area (Å²) in [5.41, 5.74) is 5.04. The van der Waals surface area contributed by atoms with Crippen molar-refractivity contribution in [3.63, 3.8) is 0 Å². The standard InChI is InChI=1S/C17H23N3/c1-3-4-13-5-7-14(8-6-13)17-15(12-20(2)19-17)11-18-16-9-10-16/h5-8,12,16,18H,3-4,9-11H2,1-2H3. The van der Waals surface area contributed by atoms with Crippen LogP contribution in [0.1, 0.15) is 37.3 Å². The van der Waals surface area contributed by atoms with Gasteiger partial charge in [0.2, 0.25) is 0 Å². The fraction of sp³-hybridized carbons (Fsp3) is 0.471. The van der Waals surface area contributed by atoms with Gasteiger partial charge < -0.3 is 5.32 Å². The molecule has 0 spiro atoms. The number of nitrogens with one attached hydrogen (secondary N) is 1. The molecule has 20 heavy (non-hydrogen) atoms. The topological polar surface area (TPSA) is 29.9 Å². The zero-order valence-electron chi connectivity index (χ0n) is 12.4. The molecule has 3 heteroatoms. The lowest BCUT2D eigenvalue weighted by atomic mass is 10.0. The summed E-state index contributed by atoms with van der Waals surface area (Å²) in [7, 11) is 2.00. The van der Waals surface area contributed by atoms with Gasteiger partial charge >= 0.3 is 0 Å². The van der Waals surface area contributed by atoms with Crippen molar-refractivity contribution < 1.29 is 0 Å². The molecule has 2 aromatic rings. The average molecular weight is 269 g/mol. The van der Waals surface area contributed by atoms with Crippen molar-refractivity contribution in [1.29, 1.82) is 0 Å². The third-order valence-electron chi connectivity index (χ3n) is 3.83. The van der Waals surface area contributed by atoms with E-state index >= 15 is 0 Å². The van der Waals surface area contributed by atoms with Gasteiger partial charge in [0.1, 0.15) is 0 Å². The maximum Gasteiger partial charge on any atom is 0.0967 e. The van der Waals surface area contributed by atoms with Crippen molar-refractivity contribution >= 4 is 0 Å². The van der Waals surface area contributed by atoms with E-state index in [4.69, 9.17) is 0 Å². The van der Waals surface area contributed by atoms with Gasteiger partial charge in [0, 0.05) is 37.0 Å². The van der Waals surface area contributed by atoms with Gasteiger partial charge in [-0.2, -0.15) is 5.10 Å². The molecule has 3 nitrogen and oxygen atoms in total. The SMILES string of the molecule is CCCc1ccc(-c2nn(C)cc2CNC2CC2)cc1. The van der Waals surface area contributed by atoms with Crippen LogP contribution in [-0.4, -0.2) is 15.8 Å². The lowest BCUT2D eigenvalue weighted by molar-refractivity contribution is 0.687. The van der Waals surface area contributed by atoms with Crippen molar-refractivity contribution in [1.82, 2.24) is 15.1 Å². The Hall–Kier alpha value is -1.61. The molecule has 0 radical (unpaired) electrons.